The van der Waals surface area contributed by atoms with Crippen LogP contribution in [-0.4, -0.2) is 50.5 Å². The van der Waals surface area contributed by atoms with E-state index in [1.54, 1.807) is 0 Å². The van der Waals surface area contributed by atoms with Gasteiger partial charge in [-0.3, -0.25) is 9.36 Å². The standard InChI is InChI=1S/C9H15N5O4S/c10-1-2-4(15)5(16)8(18-2)14-6(11)3(7(12)17)13-9(14)19/h2,4-5,8,15-16H,1,10-11H2,(H2,12,17)(H,13,19)/t2-,4-,5-,8-/m1/s1. The monoisotopic (exact) mass is 289 g/mol. The van der Waals surface area contributed by atoms with E-state index in [4.69, 9.17) is 34.2 Å². The van der Waals surface area contributed by atoms with E-state index in [1.165, 1.54) is 4.57 Å². The molecule has 0 unspecified atom stereocenters. The minimum atomic E-state index is -1.26. The van der Waals surface area contributed by atoms with Gasteiger partial charge in [0, 0.05) is 6.54 Å². The van der Waals surface area contributed by atoms with Gasteiger partial charge in [-0.15, -0.1) is 0 Å². The fourth-order valence-corrected chi connectivity index (χ4v) is 2.34. The molecule has 19 heavy (non-hydrogen) atoms. The molecule has 1 amide bonds. The lowest BCUT2D eigenvalue weighted by molar-refractivity contribution is -0.0338. The SMILES string of the molecule is NC[C@H]1O[C@@H](n2c(N)c(C(N)=O)[nH]c2=S)[C@H](O)[C@@H]1O. The second-order valence-electron chi connectivity index (χ2n) is 4.21. The minimum Gasteiger partial charge on any atom is -0.387 e. The molecule has 1 aromatic heterocycles. The van der Waals surface area contributed by atoms with Crippen LogP contribution in [0.1, 0.15) is 16.7 Å². The molecule has 0 bridgehead atoms. The van der Waals surface area contributed by atoms with Crippen molar-refractivity contribution in [2.75, 3.05) is 12.3 Å². The molecule has 106 valence electrons. The molecular formula is C9H15N5O4S. The van der Waals surface area contributed by atoms with Crippen LogP contribution in [-0.2, 0) is 4.74 Å². The maximum absolute atomic E-state index is 11.1. The normalized spacial score (nSPS) is 30.7. The number of carbonyl (C=O) groups excluding carboxylic acids is 1. The van der Waals surface area contributed by atoms with E-state index in [2.05, 4.69) is 4.98 Å². The lowest BCUT2D eigenvalue weighted by Gasteiger charge is -2.17. The Morgan fingerprint density at radius 3 is 2.53 bits per heavy atom. The summed E-state index contributed by atoms with van der Waals surface area (Å²) in [6.45, 7) is 0.0229. The summed E-state index contributed by atoms with van der Waals surface area (Å²) < 4.78 is 6.64. The molecule has 9 nitrogen and oxygen atoms in total. The Balaban J connectivity index is 2.44. The zero-order valence-corrected chi connectivity index (χ0v) is 10.6. The average molecular weight is 289 g/mol. The van der Waals surface area contributed by atoms with Gasteiger partial charge >= 0.3 is 0 Å². The number of hydrogen-bond acceptors (Lipinski definition) is 7. The number of aromatic amines is 1. The number of primary amides is 1. The summed E-state index contributed by atoms with van der Waals surface area (Å²) in [6, 6.07) is 0. The number of aliphatic hydroxyl groups excluding tert-OH is 2. The summed E-state index contributed by atoms with van der Waals surface area (Å²) >= 11 is 5.00. The number of aromatic nitrogens is 2. The first kappa shape index (κ1) is 14.0. The number of carbonyl (C=O) groups is 1. The molecule has 4 atom stereocenters. The highest BCUT2D eigenvalue weighted by Crippen LogP contribution is 2.32. The molecule has 9 N–H and O–H groups in total. The molecule has 2 heterocycles. The van der Waals surface area contributed by atoms with Crippen molar-refractivity contribution in [3.8, 4) is 0 Å². The highest BCUT2D eigenvalue weighted by Gasteiger charge is 2.44. The predicted octanol–water partition coefficient (Wildman–Crippen LogP) is -2.20. The number of hydrogen-bond donors (Lipinski definition) is 6. The van der Waals surface area contributed by atoms with Crippen molar-refractivity contribution in [1.82, 2.24) is 9.55 Å². The molecule has 1 aromatic rings. The van der Waals surface area contributed by atoms with E-state index in [-0.39, 0.29) is 22.8 Å². The van der Waals surface area contributed by atoms with Crippen molar-refractivity contribution >= 4 is 23.9 Å². The summed E-state index contributed by atoms with van der Waals surface area (Å²) in [5.74, 6) is -0.850. The van der Waals surface area contributed by atoms with Gasteiger partial charge in [0.05, 0.1) is 0 Å². The third-order valence-electron chi connectivity index (χ3n) is 3.04. The Kier molecular flexibility index (Phi) is 3.60. The van der Waals surface area contributed by atoms with Crippen LogP contribution in [0.2, 0.25) is 0 Å². The van der Waals surface area contributed by atoms with Crippen LogP contribution in [0, 0.1) is 4.77 Å². The molecule has 1 aliphatic heterocycles. The van der Waals surface area contributed by atoms with Crippen LogP contribution in [0.25, 0.3) is 0 Å². The number of nitrogens with one attached hydrogen (secondary N) is 1. The number of aliphatic hydroxyl groups is 2. The van der Waals surface area contributed by atoms with E-state index in [1.807, 2.05) is 0 Å². The van der Waals surface area contributed by atoms with Gasteiger partial charge in [0.25, 0.3) is 5.91 Å². The molecule has 0 aromatic carbocycles. The quantitative estimate of drug-likeness (QED) is 0.343. The van der Waals surface area contributed by atoms with Gasteiger partial charge < -0.3 is 37.1 Å². The second kappa shape index (κ2) is 4.90. The van der Waals surface area contributed by atoms with Crippen LogP contribution >= 0.6 is 12.2 Å². The third-order valence-corrected chi connectivity index (χ3v) is 3.34. The summed E-state index contributed by atoms with van der Waals surface area (Å²) in [5, 5.41) is 19.7. The van der Waals surface area contributed by atoms with Crippen LogP contribution in [0.4, 0.5) is 5.82 Å². The van der Waals surface area contributed by atoms with Gasteiger partial charge in [-0.2, -0.15) is 0 Å². The fourth-order valence-electron chi connectivity index (χ4n) is 2.04. The minimum absolute atomic E-state index is 0.0229. The van der Waals surface area contributed by atoms with E-state index >= 15 is 0 Å². The lowest BCUT2D eigenvalue weighted by Crippen LogP contribution is -2.35. The van der Waals surface area contributed by atoms with E-state index in [0.29, 0.717) is 0 Å². The first-order valence-electron chi connectivity index (χ1n) is 5.50. The van der Waals surface area contributed by atoms with Gasteiger partial charge in [0.15, 0.2) is 11.0 Å². The maximum Gasteiger partial charge on any atom is 0.268 e. The molecule has 1 saturated heterocycles. The second-order valence-corrected chi connectivity index (χ2v) is 4.59. The molecular weight excluding hydrogens is 274 g/mol. The van der Waals surface area contributed by atoms with Crippen molar-refractivity contribution in [2.24, 2.45) is 11.5 Å². The topological polar surface area (TPSA) is 166 Å². The van der Waals surface area contributed by atoms with Crippen molar-refractivity contribution in [3.05, 3.63) is 10.5 Å². The molecule has 10 heteroatoms. The number of nitrogens with zero attached hydrogens (tertiary/aromatic N) is 1. The van der Waals surface area contributed by atoms with Crippen LogP contribution in [0.3, 0.4) is 0 Å². The first-order valence-corrected chi connectivity index (χ1v) is 5.90. The van der Waals surface area contributed by atoms with E-state index < -0.39 is 30.4 Å². The highest BCUT2D eigenvalue weighted by atomic mass is 32.1. The number of nitrogen functional groups attached to an aromatic ring is 1. The molecule has 0 aliphatic carbocycles. The Labute approximate surface area is 112 Å². The Morgan fingerprint density at radius 2 is 2.11 bits per heavy atom. The summed E-state index contributed by atoms with van der Waals surface area (Å²) in [6.07, 6.45) is -4.20. The van der Waals surface area contributed by atoms with Gasteiger partial charge in [-0.05, 0) is 12.2 Å². The number of nitrogens with two attached hydrogens (primary N) is 3. The van der Waals surface area contributed by atoms with Gasteiger partial charge in [0.2, 0.25) is 0 Å². The van der Waals surface area contributed by atoms with Crippen LogP contribution < -0.4 is 17.2 Å². The van der Waals surface area contributed by atoms with Gasteiger partial charge in [-0.1, -0.05) is 0 Å². The molecule has 1 aliphatic rings. The largest absolute Gasteiger partial charge is 0.387 e. The number of rotatable bonds is 3. The number of anilines is 1. The predicted molar refractivity (Wildman–Crippen MR) is 67.5 cm³/mol. The highest BCUT2D eigenvalue weighted by molar-refractivity contribution is 7.71. The maximum atomic E-state index is 11.1. The van der Waals surface area contributed by atoms with Crippen molar-refractivity contribution in [2.45, 2.75) is 24.5 Å². The van der Waals surface area contributed by atoms with Crippen molar-refractivity contribution < 1.29 is 19.7 Å². The smallest absolute Gasteiger partial charge is 0.268 e. The van der Waals surface area contributed by atoms with Crippen LogP contribution in [0.5, 0.6) is 0 Å². The van der Waals surface area contributed by atoms with Crippen molar-refractivity contribution in [1.29, 1.82) is 0 Å². The molecule has 2 rings (SSSR count). The van der Waals surface area contributed by atoms with Gasteiger partial charge in [-0.25, -0.2) is 0 Å². The summed E-state index contributed by atoms with van der Waals surface area (Å²) in [5.41, 5.74) is 16.2. The zero-order valence-electron chi connectivity index (χ0n) is 9.81. The summed E-state index contributed by atoms with van der Waals surface area (Å²) in [7, 11) is 0. The Bertz CT molecular complexity index is 555. The lowest BCUT2D eigenvalue weighted by atomic mass is 10.1. The van der Waals surface area contributed by atoms with E-state index in [9.17, 15) is 15.0 Å². The molecule has 1 fully saturated rings. The van der Waals surface area contributed by atoms with Gasteiger partial charge in [0.1, 0.15) is 29.8 Å². The number of amides is 1. The van der Waals surface area contributed by atoms with Crippen molar-refractivity contribution in [3.63, 3.8) is 0 Å². The Hall–Kier alpha value is -1.46. The molecule has 0 spiro atoms. The first-order chi connectivity index (χ1) is 8.88. The third kappa shape index (κ3) is 2.13. The summed E-state index contributed by atoms with van der Waals surface area (Å²) in [4.78, 5) is 13.7. The molecule has 0 radical (unpaired) electrons. The molecule has 0 saturated carbocycles. The van der Waals surface area contributed by atoms with Crippen LogP contribution in [0.15, 0.2) is 0 Å². The zero-order chi connectivity index (χ0) is 14.3. The number of H-pyrrole nitrogens is 1. The van der Waals surface area contributed by atoms with E-state index in [0.717, 1.165) is 0 Å². The number of ether oxygens (including phenoxy) is 1. The fraction of sp³-hybridized carbons (Fsp3) is 0.556. The average Bonchev–Trinajstić information content (AvgIpc) is 2.79. The Morgan fingerprint density at radius 1 is 1.47 bits per heavy atom. The number of imidazole rings is 1.